The number of hydrogen-bond donors (Lipinski definition) is 0. The van der Waals surface area contributed by atoms with E-state index in [9.17, 15) is 4.57 Å². The van der Waals surface area contributed by atoms with Crippen molar-refractivity contribution in [3.05, 3.63) is 0 Å². The fourth-order valence-corrected chi connectivity index (χ4v) is 1.85. The molecule has 0 saturated heterocycles. The van der Waals surface area contributed by atoms with Gasteiger partial charge in [-0.1, -0.05) is 0 Å². The molecular formula is C9H22O8P2. The quantitative estimate of drug-likeness (QED) is 0.353. The molecule has 8 nitrogen and oxygen atoms in total. The molecule has 0 aliphatic rings. The molecule has 0 amide bonds. The van der Waals surface area contributed by atoms with Crippen molar-refractivity contribution in [3.63, 3.8) is 0 Å². The van der Waals surface area contributed by atoms with Crippen LogP contribution in [0.3, 0.4) is 0 Å². The fourth-order valence-electron chi connectivity index (χ4n) is 0.911. The predicted octanol–water partition coefficient (Wildman–Crippen LogP) is 1.61. The van der Waals surface area contributed by atoms with Gasteiger partial charge in [0.2, 0.25) is 0 Å². The van der Waals surface area contributed by atoms with E-state index in [2.05, 4.69) is 9.05 Å². The van der Waals surface area contributed by atoms with Crippen LogP contribution in [0.5, 0.6) is 0 Å². The summed E-state index contributed by atoms with van der Waals surface area (Å²) >= 11 is 0. The van der Waals surface area contributed by atoms with Gasteiger partial charge in [-0.15, -0.1) is 0 Å². The molecule has 0 aromatic heterocycles. The van der Waals surface area contributed by atoms with Crippen molar-refractivity contribution in [3.8, 4) is 0 Å². The highest BCUT2D eigenvalue weighted by Gasteiger charge is 2.21. The van der Waals surface area contributed by atoms with E-state index in [1.165, 1.54) is 14.2 Å². The second-order valence-electron chi connectivity index (χ2n) is 3.01. The zero-order chi connectivity index (χ0) is 14.4. The standard InChI is InChI=1S/C9H22O8P2/c1-11-18-16-8-6-14-4-5-15-7-9-17-19(10,12-2)13-3/h18H,4-9H2,1-3H3. The minimum atomic E-state index is -3.40. The Hall–Kier alpha value is 0.380. The summed E-state index contributed by atoms with van der Waals surface area (Å²) in [7, 11) is 0.727. The summed E-state index contributed by atoms with van der Waals surface area (Å²) in [6.07, 6.45) is 0. The number of phosphoric ester groups is 1. The lowest BCUT2D eigenvalue weighted by Gasteiger charge is -2.13. The molecule has 0 heterocycles. The van der Waals surface area contributed by atoms with Crippen LogP contribution in [0.15, 0.2) is 0 Å². The average molecular weight is 320 g/mol. The number of rotatable bonds is 14. The van der Waals surface area contributed by atoms with Gasteiger partial charge in [0.25, 0.3) is 0 Å². The van der Waals surface area contributed by atoms with Crippen LogP contribution in [-0.2, 0) is 36.7 Å². The van der Waals surface area contributed by atoms with Crippen molar-refractivity contribution >= 4 is 16.9 Å². The number of ether oxygens (including phenoxy) is 2. The van der Waals surface area contributed by atoms with Crippen molar-refractivity contribution in [1.82, 2.24) is 0 Å². The van der Waals surface area contributed by atoms with E-state index in [1.807, 2.05) is 0 Å². The molecule has 116 valence electrons. The second-order valence-corrected chi connectivity index (χ2v) is 5.75. The molecule has 0 aromatic carbocycles. The van der Waals surface area contributed by atoms with E-state index in [1.54, 1.807) is 7.11 Å². The van der Waals surface area contributed by atoms with Crippen LogP contribution < -0.4 is 0 Å². The third-order valence-corrected chi connectivity index (χ3v) is 3.65. The Morgan fingerprint density at radius 3 is 1.89 bits per heavy atom. The zero-order valence-corrected chi connectivity index (χ0v) is 13.4. The molecular weight excluding hydrogens is 298 g/mol. The number of hydrogen-bond acceptors (Lipinski definition) is 8. The van der Waals surface area contributed by atoms with E-state index in [0.717, 1.165) is 0 Å². The molecule has 0 aliphatic carbocycles. The maximum atomic E-state index is 11.4. The van der Waals surface area contributed by atoms with Crippen molar-refractivity contribution in [2.24, 2.45) is 0 Å². The molecule has 0 aliphatic heterocycles. The smallest absolute Gasteiger partial charge is 0.377 e. The van der Waals surface area contributed by atoms with Gasteiger partial charge in [-0.2, -0.15) is 0 Å². The molecule has 10 heteroatoms. The largest absolute Gasteiger partial charge is 0.474 e. The molecule has 0 spiro atoms. The third kappa shape index (κ3) is 11.9. The molecule has 1 unspecified atom stereocenters. The Balaban J connectivity index is 3.21. The van der Waals surface area contributed by atoms with Gasteiger partial charge in [-0.05, 0) is 0 Å². The van der Waals surface area contributed by atoms with Crippen molar-refractivity contribution in [2.75, 3.05) is 61.0 Å². The monoisotopic (exact) mass is 320 g/mol. The van der Waals surface area contributed by atoms with Crippen molar-refractivity contribution in [1.29, 1.82) is 0 Å². The molecule has 0 radical (unpaired) electrons. The van der Waals surface area contributed by atoms with E-state index >= 15 is 0 Å². The Morgan fingerprint density at radius 2 is 1.37 bits per heavy atom. The first-order chi connectivity index (χ1) is 9.18. The highest BCUT2D eigenvalue weighted by molar-refractivity contribution is 7.48. The molecule has 0 saturated carbocycles. The Bertz CT molecular complexity index is 232. The van der Waals surface area contributed by atoms with E-state index in [4.69, 9.17) is 23.0 Å². The van der Waals surface area contributed by atoms with Crippen LogP contribution in [0.25, 0.3) is 0 Å². The molecule has 0 aromatic rings. The summed E-state index contributed by atoms with van der Waals surface area (Å²) in [5, 5.41) is 0. The first kappa shape index (κ1) is 19.4. The predicted molar refractivity (Wildman–Crippen MR) is 70.5 cm³/mol. The van der Waals surface area contributed by atoms with E-state index < -0.39 is 7.82 Å². The minimum absolute atomic E-state index is 0.0431. The SMILES string of the molecule is COPOCCOCCOCCOP(=O)(OC)OC. The normalized spacial score (nSPS) is 12.6. The summed E-state index contributed by atoms with van der Waals surface area (Å²) in [5.74, 6) is 0. The Morgan fingerprint density at radius 1 is 0.842 bits per heavy atom. The lowest BCUT2D eigenvalue weighted by Crippen LogP contribution is -2.11. The summed E-state index contributed by atoms with van der Waals surface area (Å²) in [5.41, 5.74) is 0. The summed E-state index contributed by atoms with van der Waals surface area (Å²) in [6, 6.07) is 0. The van der Waals surface area contributed by atoms with Crippen LogP contribution in [0, 0.1) is 0 Å². The second kappa shape index (κ2) is 13.4. The van der Waals surface area contributed by atoms with Crippen LogP contribution in [0.1, 0.15) is 0 Å². The molecule has 0 fully saturated rings. The lowest BCUT2D eigenvalue weighted by molar-refractivity contribution is 0.0228. The van der Waals surface area contributed by atoms with Gasteiger partial charge in [0.1, 0.15) is 0 Å². The zero-order valence-electron chi connectivity index (χ0n) is 11.5. The Kier molecular flexibility index (Phi) is 13.6. The Labute approximate surface area is 115 Å². The van der Waals surface area contributed by atoms with Crippen LogP contribution in [0.4, 0.5) is 0 Å². The summed E-state index contributed by atoms with van der Waals surface area (Å²) in [4.78, 5) is 0. The van der Waals surface area contributed by atoms with Crippen LogP contribution in [-0.4, -0.2) is 61.0 Å². The van der Waals surface area contributed by atoms with Crippen molar-refractivity contribution < 1.29 is 36.7 Å². The molecule has 0 N–H and O–H groups in total. The van der Waals surface area contributed by atoms with Crippen LogP contribution in [0.2, 0.25) is 0 Å². The van der Waals surface area contributed by atoms with Crippen LogP contribution >= 0.6 is 16.9 Å². The first-order valence-corrected chi connectivity index (χ1v) is 7.87. The highest BCUT2D eigenvalue weighted by Crippen LogP contribution is 2.47. The van der Waals surface area contributed by atoms with Crippen molar-refractivity contribution in [2.45, 2.75) is 0 Å². The molecule has 19 heavy (non-hydrogen) atoms. The minimum Gasteiger partial charge on any atom is -0.377 e. The molecule has 1 atom stereocenters. The fraction of sp³-hybridized carbons (Fsp3) is 1.00. The average Bonchev–Trinajstić information content (AvgIpc) is 2.44. The van der Waals surface area contributed by atoms with Gasteiger partial charge in [-0.25, -0.2) is 4.57 Å². The summed E-state index contributed by atoms with van der Waals surface area (Å²) < 4.78 is 45.7. The number of phosphoric acid groups is 1. The third-order valence-electron chi connectivity index (χ3n) is 1.77. The van der Waals surface area contributed by atoms with Gasteiger partial charge in [-0.3, -0.25) is 13.6 Å². The first-order valence-electron chi connectivity index (χ1n) is 5.60. The lowest BCUT2D eigenvalue weighted by atomic mass is 10.7. The van der Waals surface area contributed by atoms with E-state index in [0.29, 0.717) is 26.4 Å². The van der Waals surface area contributed by atoms with Gasteiger partial charge in [0.15, 0.2) is 9.03 Å². The molecule has 0 rings (SSSR count). The van der Waals surface area contributed by atoms with E-state index in [-0.39, 0.29) is 22.2 Å². The maximum Gasteiger partial charge on any atom is 0.474 e. The topological polar surface area (TPSA) is 81.7 Å². The van der Waals surface area contributed by atoms with Gasteiger partial charge >= 0.3 is 7.82 Å². The summed E-state index contributed by atoms with van der Waals surface area (Å²) in [6.45, 7) is 2.24. The highest BCUT2D eigenvalue weighted by atomic mass is 31.2. The van der Waals surface area contributed by atoms with Gasteiger partial charge in [0, 0.05) is 21.3 Å². The van der Waals surface area contributed by atoms with Gasteiger partial charge in [0.05, 0.1) is 39.6 Å². The van der Waals surface area contributed by atoms with Gasteiger partial charge < -0.3 is 18.5 Å². The molecule has 0 bridgehead atoms. The maximum absolute atomic E-state index is 11.4.